The summed E-state index contributed by atoms with van der Waals surface area (Å²) in [6.45, 7) is 1.51. The van der Waals surface area contributed by atoms with Gasteiger partial charge in [0, 0.05) is 53.5 Å². The van der Waals surface area contributed by atoms with Crippen LogP contribution in [-0.2, 0) is 0 Å². The van der Waals surface area contributed by atoms with E-state index in [0.29, 0.717) is 30.8 Å². The van der Waals surface area contributed by atoms with Crippen molar-refractivity contribution >= 4 is 54.7 Å². The largest absolute Gasteiger partial charge is 0.463 e. The Morgan fingerprint density at radius 1 is 1.16 bits per heavy atom. The Balaban J connectivity index is 1.23. The van der Waals surface area contributed by atoms with Gasteiger partial charge in [-0.2, -0.15) is 15.2 Å². The van der Waals surface area contributed by atoms with Crippen molar-refractivity contribution in [2.75, 3.05) is 50.0 Å². The van der Waals surface area contributed by atoms with Crippen LogP contribution in [0.4, 0.5) is 28.4 Å². The minimum absolute atomic E-state index is 0.0162. The maximum absolute atomic E-state index is 16.8. The van der Waals surface area contributed by atoms with Gasteiger partial charge in [0.25, 0.3) is 5.92 Å². The first kappa shape index (κ1) is 29.0. The van der Waals surface area contributed by atoms with Crippen molar-refractivity contribution in [1.29, 1.82) is 5.26 Å². The van der Waals surface area contributed by atoms with E-state index in [0.717, 1.165) is 37.0 Å². The molecule has 4 aliphatic rings. The van der Waals surface area contributed by atoms with E-state index < -0.39 is 17.6 Å². The summed E-state index contributed by atoms with van der Waals surface area (Å²) in [5.74, 6) is -3.48. The third-order valence-corrected chi connectivity index (χ3v) is 10.8. The Kier molecular flexibility index (Phi) is 6.63. The normalized spacial score (nSPS) is 23.3. The van der Waals surface area contributed by atoms with Crippen LogP contribution in [0.5, 0.6) is 6.01 Å². The average Bonchev–Trinajstić information content (AvgIpc) is 3.54. The predicted molar refractivity (Wildman–Crippen MR) is 165 cm³/mol. The molecule has 5 heterocycles. The van der Waals surface area contributed by atoms with Gasteiger partial charge < -0.3 is 20.7 Å². The van der Waals surface area contributed by atoms with Crippen LogP contribution < -0.4 is 20.7 Å². The summed E-state index contributed by atoms with van der Waals surface area (Å²) in [6, 6.07) is 6.75. The van der Waals surface area contributed by atoms with Gasteiger partial charge in [-0.15, -0.1) is 11.3 Å². The molecule has 1 aliphatic carbocycles. The maximum Gasteiger partial charge on any atom is 0.319 e. The second kappa shape index (κ2) is 10.3. The number of hydrogen-bond acceptors (Lipinski definition) is 9. The molecule has 14 heteroatoms. The number of halogens is 5. The molecule has 3 N–H and O–H groups in total. The Morgan fingerprint density at radius 3 is 2.56 bits per heavy atom. The zero-order valence-corrected chi connectivity index (χ0v) is 25.5. The van der Waals surface area contributed by atoms with E-state index in [9.17, 15) is 18.4 Å². The number of hydrogen-bond donors (Lipinski definition) is 2. The Labute approximate surface area is 264 Å². The lowest BCUT2D eigenvalue weighted by Crippen LogP contribution is -2.57. The number of ether oxygens (including phenoxy) is 1. The van der Waals surface area contributed by atoms with Gasteiger partial charge in [0.05, 0.1) is 35.0 Å². The highest BCUT2D eigenvalue weighted by atomic mass is 35.5. The minimum atomic E-state index is -2.65. The third kappa shape index (κ3) is 4.93. The van der Waals surface area contributed by atoms with Gasteiger partial charge in [-0.05, 0) is 43.4 Å². The molecule has 45 heavy (non-hydrogen) atoms. The van der Waals surface area contributed by atoms with Crippen molar-refractivity contribution in [3.63, 3.8) is 0 Å². The van der Waals surface area contributed by atoms with E-state index in [4.69, 9.17) is 27.1 Å². The first-order chi connectivity index (χ1) is 21.5. The molecule has 234 valence electrons. The molecule has 8 rings (SSSR count). The molecule has 2 aromatic heterocycles. The zero-order chi connectivity index (χ0) is 31.2. The van der Waals surface area contributed by atoms with Crippen LogP contribution in [0.1, 0.15) is 31.2 Å². The number of benzene rings is 2. The lowest BCUT2D eigenvalue weighted by Gasteiger charge is -2.40. The topological polar surface area (TPSA) is 103 Å². The van der Waals surface area contributed by atoms with Crippen LogP contribution in [0.15, 0.2) is 18.2 Å². The van der Waals surface area contributed by atoms with E-state index in [-0.39, 0.29) is 85.5 Å². The summed E-state index contributed by atoms with van der Waals surface area (Å²) in [5, 5.41) is 14.2. The Hall–Kier alpha value is -3.44. The van der Waals surface area contributed by atoms with Crippen molar-refractivity contribution in [2.45, 2.75) is 43.7 Å². The van der Waals surface area contributed by atoms with E-state index in [1.165, 1.54) is 12.1 Å². The number of nitrogens with one attached hydrogen (secondary N) is 1. The predicted octanol–water partition coefficient (Wildman–Crippen LogP) is 5.95. The molecular weight excluding hydrogens is 630 g/mol. The van der Waals surface area contributed by atoms with Crippen LogP contribution in [0.25, 0.3) is 32.1 Å². The molecule has 1 saturated carbocycles. The number of nitrogens with zero attached hydrogens (tertiary/aromatic N) is 5. The molecule has 4 fully saturated rings. The molecule has 2 bridgehead atoms. The first-order valence-corrected chi connectivity index (χ1v) is 16.1. The number of fused-ring (bicyclic) bond motifs is 4. The second-order valence-electron chi connectivity index (χ2n) is 12.9. The lowest BCUT2D eigenvalue weighted by atomic mass is 9.97. The van der Waals surface area contributed by atoms with Gasteiger partial charge in [-0.3, -0.25) is 4.90 Å². The molecule has 2 aromatic carbocycles. The summed E-state index contributed by atoms with van der Waals surface area (Å²) >= 11 is 7.72. The number of alkyl halides is 2. The van der Waals surface area contributed by atoms with Crippen molar-refractivity contribution in [3.8, 4) is 23.2 Å². The van der Waals surface area contributed by atoms with Crippen LogP contribution >= 0.6 is 22.9 Å². The van der Waals surface area contributed by atoms with Crippen molar-refractivity contribution in [1.82, 2.24) is 20.2 Å². The highest BCUT2D eigenvalue weighted by molar-refractivity contribution is 7.23. The number of piperazine rings is 1. The van der Waals surface area contributed by atoms with Gasteiger partial charge in [0.2, 0.25) is 0 Å². The SMILES string of the molecule is N#Cc1c(N)sc2c(F)ccc(-c3c(Cl)cc4c(N5CC6CCC(C5)N6)nc(OCC5(CN6CC(F)(F)C6)CC5)nc4c3F)c12. The summed E-state index contributed by atoms with van der Waals surface area (Å²) in [6.07, 6.45) is 3.71. The standard InChI is InChI=1S/C31H28ClF4N7OS/c32-20-7-18-25(24(34)23(20)17-3-4-21(33)26-22(17)19(8-37)27(38)45-26)40-29(41-28(18)43-9-15-1-2-16(10-43)39-15)44-14-30(5-6-30)11-42-12-31(35,36)13-42/h3-4,7,15-16,39H,1-2,5-6,9-14,38H2. The monoisotopic (exact) mass is 657 g/mol. The molecule has 8 nitrogen and oxygen atoms in total. The fourth-order valence-electron chi connectivity index (χ4n) is 7.13. The smallest absolute Gasteiger partial charge is 0.319 e. The van der Waals surface area contributed by atoms with Crippen LogP contribution in [0.3, 0.4) is 0 Å². The molecule has 4 aromatic rings. The summed E-state index contributed by atoms with van der Waals surface area (Å²) in [5.41, 5.74) is 5.99. The van der Waals surface area contributed by atoms with Gasteiger partial charge in [0.15, 0.2) is 5.82 Å². The van der Waals surface area contributed by atoms with E-state index in [1.54, 1.807) is 11.0 Å². The first-order valence-electron chi connectivity index (χ1n) is 14.9. The van der Waals surface area contributed by atoms with Crippen molar-refractivity contribution in [2.24, 2.45) is 5.41 Å². The van der Waals surface area contributed by atoms with Gasteiger partial charge in [-0.25, -0.2) is 17.6 Å². The van der Waals surface area contributed by atoms with Crippen molar-refractivity contribution < 1.29 is 22.3 Å². The molecule has 2 unspecified atom stereocenters. The fraction of sp³-hybridized carbons (Fsp3) is 0.452. The number of anilines is 2. The number of nitrogens with two attached hydrogens (primary N) is 1. The van der Waals surface area contributed by atoms with Gasteiger partial charge in [-0.1, -0.05) is 17.7 Å². The van der Waals surface area contributed by atoms with Crippen LogP contribution in [0, 0.1) is 28.4 Å². The molecule has 2 atom stereocenters. The summed E-state index contributed by atoms with van der Waals surface area (Å²) in [7, 11) is 0. The minimum Gasteiger partial charge on any atom is -0.463 e. The number of thiophene rings is 1. The van der Waals surface area contributed by atoms with Gasteiger partial charge >= 0.3 is 6.01 Å². The van der Waals surface area contributed by atoms with E-state index >= 15 is 4.39 Å². The highest BCUT2D eigenvalue weighted by Gasteiger charge is 2.51. The summed E-state index contributed by atoms with van der Waals surface area (Å²) < 4.78 is 64.8. The molecule has 0 amide bonds. The zero-order valence-electron chi connectivity index (χ0n) is 24.0. The van der Waals surface area contributed by atoms with E-state index in [1.807, 2.05) is 6.07 Å². The second-order valence-corrected chi connectivity index (χ2v) is 14.3. The summed E-state index contributed by atoms with van der Waals surface area (Å²) in [4.78, 5) is 13.1. The van der Waals surface area contributed by atoms with Gasteiger partial charge in [0.1, 0.15) is 28.2 Å². The number of nitrogen functional groups attached to an aromatic ring is 1. The number of nitriles is 1. The van der Waals surface area contributed by atoms with E-state index in [2.05, 4.69) is 15.2 Å². The Bertz CT molecular complexity index is 1910. The lowest BCUT2D eigenvalue weighted by molar-refractivity contribution is -0.137. The Morgan fingerprint density at radius 2 is 1.89 bits per heavy atom. The highest BCUT2D eigenvalue weighted by Crippen LogP contribution is 2.49. The molecule has 3 aliphatic heterocycles. The van der Waals surface area contributed by atoms with Crippen LogP contribution in [0.2, 0.25) is 5.02 Å². The molecule has 3 saturated heterocycles. The maximum atomic E-state index is 16.8. The quantitative estimate of drug-likeness (QED) is 0.235. The molecule has 0 spiro atoms. The molecular formula is C31H28ClF4N7OS. The van der Waals surface area contributed by atoms with Crippen LogP contribution in [-0.4, -0.2) is 72.2 Å². The number of likely N-dealkylation sites (tertiary alicyclic amines) is 1. The average molecular weight is 658 g/mol. The van der Waals surface area contributed by atoms with Crippen molar-refractivity contribution in [3.05, 3.63) is 40.4 Å². The third-order valence-electron chi connectivity index (χ3n) is 9.49. The number of rotatable bonds is 7. The number of aromatic nitrogens is 2. The fourth-order valence-corrected chi connectivity index (χ4v) is 8.37. The molecule has 0 radical (unpaired) electrons.